The predicted octanol–water partition coefficient (Wildman–Crippen LogP) is 4.24. The highest BCUT2D eigenvalue weighted by Gasteiger charge is 2.29. The first kappa shape index (κ1) is 19.0. The third-order valence-electron chi connectivity index (χ3n) is 4.22. The zero-order valence-electron chi connectivity index (χ0n) is 13.7. The van der Waals surface area contributed by atoms with Crippen molar-refractivity contribution in [3.05, 3.63) is 56.9 Å². The number of carbonyl (C=O) groups is 2. The summed E-state index contributed by atoms with van der Waals surface area (Å²) < 4.78 is 14.5. The van der Waals surface area contributed by atoms with E-state index in [2.05, 4.69) is 42.2 Å². The van der Waals surface area contributed by atoms with Crippen LogP contribution in [-0.4, -0.2) is 34.8 Å². The van der Waals surface area contributed by atoms with Crippen molar-refractivity contribution in [2.24, 2.45) is 5.92 Å². The highest BCUT2D eigenvalue weighted by molar-refractivity contribution is 9.10. The van der Waals surface area contributed by atoms with E-state index in [1.165, 1.54) is 18.2 Å². The van der Waals surface area contributed by atoms with E-state index in [1.807, 2.05) is 0 Å². The van der Waals surface area contributed by atoms with Crippen LogP contribution in [0.4, 0.5) is 10.2 Å². The Hall–Kier alpha value is -1.80. The molecule has 2 amide bonds. The van der Waals surface area contributed by atoms with Gasteiger partial charge in [-0.25, -0.2) is 9.37 Å². The van der Waals surface area contributed by atoms with Crippen LogP contribution >= 0.6 is 31.9 Å². The van der Waals surface area contributed by atoms with Crippen molar-refractivity contribution < 1.29 is 14.0 Å². The quantitative estimate of drug-likeness (QED) is 0.708. The maximum Gasteiger partial charge on any atom is 0.255 e. The average Bonchev–Trinajstić information content (AvgIpc) is 2.63. The van der Waals surface area contributed by atoms with Gasteiger partial charge in [-0.2, -0.15) is 0 Å². The summed E-state index contributed by atoms with van der Waals surface area (Å²) in [5, 5.41) is 2.79. The summed E-state index contributed by atoms with van der Waals surface area (Å²) in [6, 6.07) is 7.48. The van der Waals surface area contributed by atoms with Gasteiger partial charge in [0.2, 0.25) is 5.91 Å². The number of rotatable bonds is 3. The third-order valence-corrected chi connectivity index (χ3v) is 5.34. The van der Waals surface area contributed by atoms with Gasteiger partial charge in [0.1, 0.15) is 11.6 Å². The minimum atomic E-state index is -0.411. The van der Waals surface area contributed by atoms with Crippen LogP contribution in [-0.2, 0) is 4.79 Å². The summed E-state index contributed by atoms with van der Waals surface area (Å²) in [5.41, 5.74) is 0.391. The number of amides is 2. The number of benzene rings is 1. The second-order valence-corrected chi connectivity index (χ2v) is 7.84. The molecule has 1 aromatic carbocycles. The summed E-state index contributed by atoms with van der Waals surface area (Å²) >= 11 is 6.53. The number of piperidine rings is 1. The lowest BCUT2D eigenvalue weighted by molar-refractivity contribution is -0.121. The lowest BCUT2D eigenvalue weighted by atomic mass is 9.96. The standard InChI is InChI=1S/C18H16Br2FN3O2/c19-12-3-6-16(22-9-12)23-17(25)11-2-1-7-24(10-11)18(26)14-5-4-13(21)8-15(14)20/h3-6,8-9,11H,1-2,7,10H2,(H,22,23,25). The largest absolute Gasteiger partial charge is 0.338 e. The number of halogens is 3. The first-order chi connectivity index (χ1) is 12.4. The van der Waals surface area contributed by atoms with Crippen molar-refractivity contribution in [1.82, 2.24) is 9.88 Å². The molecule has 0 saturated carbocycles. The molecule has 3 rings (SSSR count). The van der Waals surface area contributed by atoms with Gasteiger partial charge in [-0.05, 0) is 75.0 Å². The Morgan fingerprint density at radius 1 is 1.23 bits per heavy atom. The van der Waals surface area contributed by atoms with E-state index in [0.717, 1.165) is 10.9 Å². The molecule has 1 unspecified atom stereocenters. The molecular weight excluding hydrogens is 469 g/mol. The molecule has 1 aliphatic rings. The fourth-order valence-corrected chi connectivity index (χ4v) is 3.64. The van der Waals surface area contributed by atoms with Gasteiger partial charge in [0.15, 0.2) is 0 Å². The molecule has 1 fully saturated rings. The van der Waals surface area contributed by atoms with Gasteiger partial charge in [-0.1, -0.05) is 0 Å². The maximum atomic E-state index is 13.2. The highest BCUT2D eigenvalue weighted by Crippen LogP contribution is 2.24. The molecule has 0 spiro atoms. The Bertz CT molecular complexity index is 830. The number of aromatic nitrogens is 1. The SMILES string of the molecule is O=C(Nc1ccc(Br)cn1)C1CCCN(C(=O)c2ccc(F)cc2Br)C1. The second kappa shape index (κ2) is 8.26. The van der Waals surface area contributed by atoms with E-state index in [0.29, 0.717) is 35.4 Å². The first-order valence-electron chi connectivity index (χ1n) is 8.11. The van der Waals surface area contributed by atoms with Crippen molar-refractivity contribution in [3.63, 3.8) is 0 Å². The first-order valence-corrected chi connectivity index (χ1v) is 9.69. The minimum absolute atomic E-state index is 0.157. The number of nitrogens with one attached hydrogen (secondary N) is 1. The van der Waals surface area contributed by atoms with Crippen LogP contribution in [0.15, 0.2) is 45.5 Å². The number of likely N-dealkylation sites (tertiary alicyclic amines) is 1. The van der Waals surface area contributed by atoms with Crippen LogP contribution in [0.2, 0.25) is 0 Å². The van der Waals surface area contributed by atoms with Crippen LogP contribution in [0.5, 0.6) is 0 Å². The molecule has 1 aromatic heterocycles. The summed E-state index contributed by atoms with van der Waals surface area (Å²) in [6.07, 6.45) is 3.05. The second-order valence-electron chi connectivity index (χ2n) is 6.07. The summed E-state index contributed by atoms with van der Waals surface area (Å²) in [4.78, 5) is 31.0. The van der Waals surface area contributed by atoms with E-state index >= 15 is 0 Å². The van der Waals surface area contributed by atoms with E-state index in [-0.39, 0.29) is 17.7 Å². The van der Waals surface area contributed by atoms with Gasteiger partial charge in [0, 0.05) is 28.2 Å². The van der Waals surface area contributed by atoms with E-state index in [4.69, 9.17) is 0 Å². The van der Waals surface area contributed by atoms with Gasteiger partial charge in [0.05, 0.1) is 11.5 Å². The van der Waals surface area contributed by atoms with Gasteiger partial charge >= 0.3 is 0 Å². The Morgan fingerprint density at radius 2 is 2.04 bits per heavy atom. The van der Waals surface area contributed by atoms with Crippen LogP contribution in [0.25, 0.3) is 0 Å². The van der Waals surface area contributed by atoms with Crippen molar-refractivity contribution in [1.29, 1.82) is 0 Å². The Labute approximate surface area is 167 Å². The Morgan fingerprint density at radius 3 is 2.73 bits per heavy atom. The van der Waals surface area contributed by atoms with Gasteiger partial charge < -0.3 is 10.2 Å². The van der Waals surface area contributed by atoms with Crippen LogP contribution in [0.1, 0.15) is 23.2 Å². The fourth-order valence-electron chi connectivity index (χ4n) is 2.89. The van der Waals surface area contributed by atoms with Gasteiger partial charge in [0.25, 0.3) is 5.91 Å². The molecule has 0 bridgehead atoms. The Balaban J connectivity index is 1.67. The molecule has 5 nitrogen and oxygen atoms in total. The highest BCUT2D eigenvalue weighted by atomic mass is 79.9. The van der Waals surface area contributed by atoms with E-state index < -0.39 is 5.82 Å². The fraction of sp³-hybridized carbons (Fsp3) is 0.278. The predicted molar refractivity (Wildman–Crippen MR) is 103 cm³/mol. The monoisotopic (exact) mass is 483 g/mol. The van der Waals surface area contributed by atoms with Gasteiger partial charge in [-0.3, -0.25) is 9.59 Å². The molecular formula is C18H16Br2FN3O2. The molecule has 1 saturated heterocycles. The van der Waals surface area contributed by atoms with Crippen LogP contribution in [0, 0.1) is 11.7 Å². The normalized spacial score (nSPS) is 17.0. The number of nitrogens with zero attached hydrogens (tertiary/aromatic N) is 2. The van der Waals surface area contributed by atoms with Crippen molar-refractivity contribution in [2.45, 2.75) is 12.8 Å². The lowest BCUT2D eigenvalue weighted by Gasteiger charge is -2.32. The topological polar surface area (TPSA) is 62.3 Å². The Kier molecular flexibility index (Phi) is 6.03. The molecule has 0 aliphatic carbocycles. The van der Waals surface area contributed by atoms with Crippen LogP contribution in [0.3, 0.4) is 0 Å². The molecule has 1 aliphatic heterocycles. The third kappa shape index (κ3) is 4.48. The van der Waals surface area contributed by atoms with Crippen LogP contribution < -0.4 is 5.32 Å². The smallest absolute Gasteiger partial charge is 0.255 e. The van der Waals surface area contributed by atoms with E-state index in [9.17, 15) is 14.0 Å². The van der Waals surface area contributed by atoms with Gasteiger partial charge in [-0.15, -0.1) is 0 Å². The molecule has 136 valence electrons. The summed E-state index contributed by atoms with van der Waals surface area (Å²) in [5.74, 6) is -0.613. The zero-order chi connectivity index (χ0) is 18.7. The van der Waals surface area contributed by atoms with Crippen molar-refractivity contribution in [2.75, 3.05) is 18.4 Å². The molecule has 2 aromatic rings. The number of hydrogen-bond donors (Lipinski definition) is 1. The summed E-state index contributed by atoms with van der Waals surface area (Å²) in [6.45, 7) is 0.897. The summed E-state index contributed by atoms with van der Waals surface area (Å²) in [7, 11) is 0. The zero-order valence-corrected chi connectivity index (χ0v) is 16.9. The maximum absolute atomic E-state index is 13.2. The lowest BCUT2D eigenvalue weighted by Crippen LogP contribution is -2.44. The van der Waals surface area contributed by atoms with E-state index in [1.54, 1.807) is 23.2 Å². The molecule has 8 heteroatoms. The minimum Gasteiger partial charge on any atom is -0.338 e. The number of anilines is 1. The number of carbonyl (C=O) groups excluding carboxylic acids is 2. The van der Waals surface area contributed by atoms with Crippen molar-refractivity contribution >= 4 is 49.5 Å². The molecule has 0 radical (unpaired) electrons. The molecule has 1 atom stereocenters. The molecule has 1 N–H and O–H groups in total. The molecule has 26 heavy (non-hydrogen) atoms. The number of pyridine rings is 1. The molecule has 2 heterocycles. The average molecular weight is 485 g/mol. The van der Waals surface area contributed by atoms with Crippen molar-refractivity contribution in [3.8, 4) is 0 Å². The number of hydrogen-bond acceptors (Lipinski definition) is 3.